The molecule has 3 unspecified atom stereocenters. The monoisotopic (exact) mass is 456 g/mol. The average molecular weight is 457 g/mol. The number of carboxylic acid groups (broad SMARTS) is 4. The topological polar surface area (TPSA) is 149 Å². The summed E-state index contributed by atoms with van der Waals surface area (Å²) < 4.78 is 0. The first kappa shape index (κ1) is 27.9. The summed E-state index contributed by atoms with van der Waals surface area (Å²) in [7, 11) is 0. The Hall–Kier alpha value is -2.12. The van der Waals surface area contributed by atoms with Crippen molar-refractivity contribution in [2.24, 2.45) is 40.4 Å². The van der Waals surface area contributed by atoms with E-state index in [0.29, 0.717) is 19.3 Å². The van der Waals surface area contributed by atoms with Crippen LogP contribution in [0.2, 0.25) is 0 Å². The average Bonchev–Trinajstić information content (AvgIpc) is 2.66. The maximum absolute atomic E-state index is 12.6. The zero-order valence-electron chi connectivity index (χ0n) is 20.0. The lowest BCUT2D eigenvalue weighted by Crippen LogP contribution is -2.62. The summed E-state index contributed by atoms with van der Waals surface area (Å²) in [5.74, 6) is -10.4. The molecule has 184 valence electrons. The van der Waals surface area contributed by atoms with Gasteiger partial charge in [0, 0.05) is 0 Å². The molecular formula is C24H40O8. The van der Waals surface area contributed by atoms with Crippen LogP contribution in [0.15, 0.2) is 0 Å². The standard InChI is InChI=1S/C24H40O8/c1-6-7-8-9-11-16-12-10-13-17(23(14(2)3,19(25)26)20(27)28)18(16)24(15(4)5,21(29)30)22(31)32/h14-18H,6-13H2,1-5H3,(H,25,26)(H,27,28)(H,29,30)(H,31,32). The van der Waals surface area contributed by atoms with Crippen LogP contribution in [-0.4, -0.2) is 44.3 Å². The molecule has 3 atom stereocenters. The van der Waals surface area contributed by atoms with E-state index in [9.17, 15) is 39.6 Å². The van der Waals surface area contributed by atoms with Crippen LogP contribution in [0.1, 0.15) is 86.0 Å². The molecule has 0 aliphatic heterocycles. The molecule has 0 saturated heterocycles. The fourth-order valence-electron chi connectivity index (χ4n) is 6.23. The first-order valence-corrected chi connectivity index (χ1v) is 11.8. The Morgan fingerprint density at radius 3 is 1.59 bits per heavy atom. The molecule has 0 aromatic heterocycles. The molecule has 0 heterocycles. The van der Waals surface area contributed by atoms with Crippen LogP contribution >= 0.6 is 0 Å². The second-order valence-corrected chi connectivity index (χ2v) is 9.94. The molecule has 8 heteroatoms. The van der Waals surface area contributed by atoms with Crippen LogP contribution in [-0.2, 0) is 19.2 Å². The maximum Gasteiger partial charge on any atom is 0.321 e. The first-order valence-electron chi connectivity index (χ1n) is 11.8. The van der Waals surface area contributed by atoms with Gasteiger partial charge in [0.2, 0.25) is 0 Å². The minimum absolute atomic E-state index is 0.169. The third-order valence-corrected chi connectivity index (χ3v) is 7.81. The van der Waals surface area contributed by atoms with Crippen molar-refractivity contribution in [2.45, 2.75) is 86.0 Å². The van der Waals surface area contributed by atoms with Gasteiger partial charge in [-0.2, -0.15) is 0 Å². The number of carbonyl (C=O) groups is 4. The van der Waals surface area contributed by atoms with Gasteiger partial charge in [0.25, 0.3) is 0 Å². The molecular weight excluding hydrogens is 416 g/mol. The Morgan fingerprint density at radius 1 is 0.750 bits per heavy atom. The lowest BCUT2D eigenvalue weighted by atomic mass is 9.48. The number of hydrogen-bond acceptors (Lipinski definition) is 4. The van der Waals surface area contributed by atoms with Crippen LogP contribution in [0.4, 0.5) is 0 Å². The first-order chi connectivity index (χ1) is 14.8. The molecule has 1 aliphatic rings. The molecule has 0 amide bonds. The van der Waals surface area contributed by atoms with Crippen molar-refractivity contribution < 1.29 is 39.6 Å². The van der Waals surface area contributed by atoms with Gasteiger partial charge in [-0.25, -0.2) is 0 Å². The van der Waals surface area contributed by atoms with Crippen molar-refractivity contribution >= 4 is 23.9 Å². The zero-order valence-corrected chi connectivity index (χ0v) is 20.0. The van der Waals surface area contributed by atoms with Crippen molar-refractivity contribution in [3.63, 3.8) is 0 Å². The predicted octanol–water partition coefficient (Wildman–Crippen LogP) is 4.61. The van der Waals surface area contributed by atoms with Gasteiger partial charge in [0.15, 0.2) is 10.8 Å². The number of unbranched alkanes of at least 4 members (excludes halogenated alkanes) is 3. The molecule has 4 N–H and O–H groups in total. The fraction of sp³-hybridized carbons (Fsp3) is 0.833. The van der Waals surface area contributed by atoms with Crippen LogP contribution in [0, 0.1) is 40.4 Å². The summed E-state index contributed by atoms with van der Waals surface area (Å²) in [5.41, 5.74) is -4.54. The molecule has 0 aromatic carbocycles. The van der Waals surface area contributed by atoms with E-state index in [4.69, 9.17) is 0 Å². The Balaban J connectivity index is 3.83. The highest BCUT2D eigenvalue weighted by molar-refractivity contribution is 6.01. The largest absolute Gasteiger partial charge is 0.480 e. The summed E-state index contributed by atoms with van der Waals surface area (Å²) >= 11 is 0. The third kappa shape index (κ3) is 4.64. The number of hydrogen-bond donors (Lipinski definition) is 4. The van der Waals surface area contributed by atoms with Crippen molar-refractivity contribution in [1.29, 1.82) is 0 Å². The van der Waals surface area contributed by atoms with E-state index in [1.54, 1.807) is 0 Å². The molecule has 1 saturated carbocycles. The minimum Gasteiger partial charge on any atom is -0.480 e. The van der Waals surface area contributed by atoms with Gasteiger partial charge in [-0.3, -0.25) is 19.2 Å². The normalized spacial score (nSPS) is 22.2. The second-order valence-electron chi connectivity index (χ2n) is 9.94. The highest BCUT2D eigenvalue weighted by atomic mass is 16.4. The van der Waals surface area contributed by atoms with Gasteiger partial charge in [0.05, 0.1) is 0 Å². The van der Waals surface area contributed by atoms with E-state index in [0.717, 1.165) is 25.7 Å². The highest BCUT2D eigenvalue weighted by Crippen LogP contribution is 2.58. The zero-order chi connectivity index (χ0) is 24.9. The van der Waals surface area contributed by atoms with Gasteiger partial charge >= 0.3 is 23.9 Å². The molecule has 1 aliphatic carbocycles. The van der Waals surface area contributed by atoms with Crippen LogP contribution < -0.4 is 0 Å². The Bertz CT molecular complexity index is 668. The SMILES string of the molecule is CCCCCCC1CCCC(C(C(=O)O)(C(=O)O)C(C)C)C1C(C(=O)O)(C(=O)O)C(C)C. The van der Waals surface area contributed by atoms with E-state index in [2.05, 4.69) is 6.92 Å². The summed E-state index contributed by atoms with van der Waals surface area (Å²) in [5, 5.41) is 40.9. The highest BCUT2D eigenvalue weighted by Gasteiger charge is 2.67. The van der Waals surface area contributed by atoms with E-state index in [1.807, 2.05) is 0 Å². The molecule has 8 nitrogen and oxygen atoms in total. The molecule has 32 heavy (non-hydrogen) atoms. The smallest absolute Gasteiger partial charge is 0.321 e. The molecule has 0 radical (unpaired) electrons. The predicted molar refractivity (Wildman–Crippen MR) is 118 cm³/mol. The van der Waals surface area contributed by atoms with E-state index < -0.39 is 58.4 Å². The van der Waals surface area contributed by atoms with Gasteiger partial charge < -0.3 is 20.4 Å². The molecule has 0 spiro atoms. The van der Waals surface area contributed by atoms with Crippen LogP contribution in [0.5, 0.6) is 0 Å². The van der Waals surface area contributed by atoms with E-state index >= 15 is 0 Å². The molecule has 1 fully saturated rings. The molecule has 0 aromatic rings. The summed E-state index contributed by atoms with van der Waals surface area (Å²) in [4.78, 5) is 50.3. The van der Waals surface area contributed by atoms with E-state index in [-0.39, 0.29) is 12.3 Å². The van der Waals surface area contributed by atoms with E-state index in [1.165, 1.54) is 27.7 Å². The van der Waals surface area contributed by atoms with Gasteiger partial charge in [-0.15, -0.1) is 0 Å². The number of rotatable bonds is 13. The lowest BCUT2D eigenvalue weighted by Gasteiger charge is -2.52. The Morgan fingerprint density at radius 2 is 1.22 bits per heavy atom. The summed E-state index contributed by atoms with van der Waals surface area (Å²) in [6.45, 7) is 8.10. The van der Waals surface area contributed by atoms with Crippen molar-refractivity contribution in [3.05, 3.63) is 0 Å². The Kier molecular flexibility index (Phi) is 9.72. The van der Waals surface area contributed by atoms with Crippen LogP contribution in [0.25, 0.3) is 0 Å². The van der Waals surface area contributed by atoms with Gasteiger partial charge in [0.1, 0.15) is 0 Å². The quantitative estimate of drug-likeness (QED) is 0.232. The maximum atomic E-state index is 12.6. The number of aliphatic carboxylic acids is 4. The summed E-state index contributed by atoms with van der Waals surface area (Å²) in [6, 6.07) is 0. The van der Waals surface area contributed by atoms with Crippen molar-refractivity contribution in [2.75, 3.05) is 0 Å². The second kappa shape index (κ2) is 11.1. The van der Waals surface area contributed by atoms with Crippen molar-refractivity contribution in [3.8, 4) is 0 Å². The Labute approximate surface area is 190 Å². The summed E-state index contributed by atoms with van der Waals surface area (Å²) in [6.07, 6.45) is 5.51. The van der Waals surface area contributed by atoms with Crippen molar-refractivity contribution in [1.82, 2.24) is 0 Å². The third-order valence-electron chi connectivity index (χ3n) is 7.81. The van der Waals surface area contributed by atoms with Gasteiger partial charge in [-0.05, 0) is 36.0 Å². The number of carboxylic acids is 4. The van der Waals surface area contributed by atoms with Crippen LogP contribution in [0.3, 0.4) is 0 Å². The minimum atomic E-state index is -2.27. The fourth-order valence-corrected chi connectivity index (χ4v) is 6.23. The molecule has 1 rings (SSSR count). The molecule has 0 bridgehead atoms. The van der Waals surface area contributed by atoms with Gasteiger partial charge in [-0.1, -0.05) is 79.6 Å². The lowest BCUT2D eigenvalue weighted by molar-refractivity contribution is -0.198.